The molecule has 0 bridgehead atoms. The van der Waals surface area contributed by atoms with Crippen molar-refractivity contribution in [1.29, 1.82) is 0 Å². The third-order valence-electron chi connectivity index (χ3n) is 5.56. The van der Waals surface area contributed by atoms with Gasteiger partial charge < -0.3 is 14.8 Å². The Balaban J connectivity index is 1.25. The maximum Gasteiger partial charge on any atom is 0.253 e. The molecule has 7 nitrogen and oxygen atoms in total. The first-order valence-corrected chi connectivity index (χ1v) is 10.0. The van der Waals surface area contributed by atoms with Crippen molar-refractivity contribution in [2.45, 2.75) is 57.7 Å². The molecule has 2 atom stereocenters. The Morgan fingerprint density at radius 2 is 2.21 bits per heavy atom. The van der Waals surface area contributed by atoms with E-state index in [0.717, 1.165) is 23.7 Å². The molecule has 0 spiro atoms. The highest BCUT2D eigenvalue weighted by Gasteiger charge is 2.56. The van der Waals surface area contributed by atoms with Gasteiger partial charge in [0.05, 0.1) is 43.0 Å². The Bertz CT molecular complexity index is 882. The third kappa shape index (κ3) is 4.66. The van der Waals surface area contributed by atoms with Crippen LogP contribution in [0.2, 0.25) is 0 Å². The molecule has 158 valence electrons. The van der Waals surface area contributed by atoms with Crippen molar-refractivity contribution in [3.63, 3.8) is 0 Å². The van der Waals surface area contributed by atoms with Crippen LogP contribution in [0.15, 0.2) is 18.5 Å². The summed E-state index contributed by atoms with van der Waals surface area (Å²) >= 11 is 0. The van der Waals surface area contributed by atoms with Crippen LogP contribution >= 0.6 is 0 Å². The van der Waals surface area contributed by atoms with Gasteiger partial charge in [0.15, 0.2) is 0 Å². The highest BCUT2D eigenvalue weighted by atomic mass is 19.3. The SMILES string of the molecule is CC(=O)N[C@@H](C)COC1CC(COc2nccc3c2cnn3C[C@@H]2CC2(F)F)C1. The molecule has 0 aromatic carbocycles. The predicted molar refractivity (Wildman–Crippen MR) is 102 cm³/mol. The second-order valence-corrected chi connectivity index (χ2v) is 8.24. The molecule has 2 heterocycles. The summed E-state index contributed by atoms with van der Waals surface area (Å²) in [4.78, 5) is 15.3. The van der Waals surface area contributed by atoms with Crippen LogP contribution in [0.4, 0.5) is 8.78 Å². The zero-order chi connectivity index (χ0) is 20.6. The number of hydrogen-bond donors (Lipinski definition) is 1. The molecule has 29 heavy (non-hydrogen) atoms. The molecule has 1 amide bonds. The number of carbonyl (C=O) groups excluding carboxylic acids is 1. The van der Waals surface area contributed by atoms with E-state index in [2.05, 4.69) is 15.4 Å². The van der Waals surface area contributed by atoms with Gasteiger partial charge in [0, 0.05) is 31.5 Å². The minimum Gasteiger partial charge on any atom is -0.477 e. The zero-order valence-electron chi connectivity index (χ0n) is 16.6. The number of alkyl halides is 2. The first-order valence-electron chi connectivity index (χ1n) is 10.0. The highest BCUT2D eigenvalue weighted by Crippen LogP contribution is 2.49. The van der Waals surface area contributed by atoms with Gasteiger partial charge in [-0.2, -0.15) is 5.10 Å². The molecule has 2 aliphatic rings. The fraction of sp³-hybridized carbons (Fsp3) is 0.650. The Labute approximate surface area is 167 Å². The summed E-state index contributed by atoms with van der Waals surface area (Å²) in [5, 5.41) is 7.79. The zero-order valence-corrected chi connectivity index (χ0v) is 16.6. The maximum absolute atomic E-state index is 13.2. The lowest BCUT2D eigenvalue weighted by Gasteiger charge is -2.35. The molecule has 4 rings (SSSR count). The monoisotopic (exact) mass is 408 g/mol. The maximum atomic E-state index is 13.2. The number of pyridine rings is 1. The molecule has 2 fully saturated rings. The quantitative estimate of drug-likeness (QED) is 0.690. The van der Waals surface area contributed by atoms with Gasteiger partial charge in [0.1, 0.15) is 0 Å². The van der Waals surface area contributed by atoms with Crippen molar-refractivity contribution in [3.05, 3.63) is 18.5 Å². The highest BCUT2D eigenvalue weighted by molar-refractivity contribution is 5.83. The Morgan fingerprint density at radius 3 is 2.90 bits per heavy atom. The smallest absolute Gasteiger partial charge is 0.253 e. The van der Waals surface area contributed by atoms with E-state index in [1.165, 1.54) is 6.92 Å². The van der Waals surface area contributed by atoms with Crippen LogP contribution in [-0.4, -0.2) is 52.0 Å². The molecule has 0 aliphatic heterocycles. The number of ether oxygens (including phenoxy) is 2. The fourth-order valence-electron chi connectivity index (χ4n) is 3.73. The number of nitrogens with zero attached hydrogens (tertiary/aromatic N) is 3. The minimum absolute atomic E-state index is 0.00303. The van der Waals surface area contributed by atoms with Crippen LogP contribution in [0, 0.1) is 11.8 Å². The Morgan fingerprint density at radius 1 is 1.45 bits per heavy atom. The summed E-state index contributed by atoms with van der Waals surface area (Å²) in [6.07, 6.45) is 5.17. The molecular weight excluding hydrogens is 382 g/mol. The summed E-state index contributed by atoms with van der Waals surface area (Å²) in [6, 6.07) is 1.77. The van der Waals surface area contributed by atoms with Gasteiger partial charge >= 0.3 is 0 Å². The lowest BCUT2D eigenvalue weighted by molar-refractivity contribution is -0.120. The molecule has 2 aromatic rings. The molecule has 2 saturated carbocycles. The molecule has 0 unspecified atom stereocenters. The second-order valence-electron chi connectivity index (χ2n) is 8.24. The number of amides is 1. The van der Waals surface area contributed by atoms with Crippen molar-refractivity contribution < 1.29 is 23.0 Å². The number of rotatable bonds is 9. The lowest BCUT2D eigenvalue weighted by atomic mass is 9.83. The number of hydrogen-bond acceptors (Lipinski definition) is 5. The third-order valence-corrected chi connectivity index (χ3v) is 5.56. The van der Waals surface area contributed by atoms with Gasteiger partial charge in [-0.1, -0.05) is 0 Å². The molecular formula is C20H26F2N4O3. The normalized spacial score (nSPS) is 26.0. The van der Waals surface area contributed by atoms with Crippen molar-refractivity contribution in [2.75, 3.05) is 13.2 Å². The van der Waals surface area contributed by atoms with Crippen molar-refractivity contribution in [1.82, 2.24) is 20.1 Å². The van der Waals surface area contributed by atoms with Gasteiger partial charge in [-0.25, -0.2) is 13.8 Å². The summed E-state index contributed by atoms with van der Waals surface area (Å²) in [7, 11) is 0. The van der Waals surface area contributed by atoms with E-state index in [-0.39, 0.29) is 31.0 Å². The number of aromatic nitrogens is 3. The van der Waals surface area contributed by atoms with Gasteiger partial charge in [0.2, 0.25) is 11.8 Å². The van der Waals surface area contributed by atoms with Crippen LogP contribution in [0.5, 0.6) is 5.88 Å². The Kier molecular flexibility index (Phi) is 5.42. The summed E-state index contributed by atoms with van der Waals surface area (Å²) < 4.78 is 39.7. The topological polar surface area (TPSA) is 78.3 Å². The van der Waals surface area contributed by atoms with E-state index in [4.69, 9.17) is 9.47 Å². The molecule has 1 N–H and O–H groups in total. The van der Waals surface area contributed by atoms with E-state index < -0.39 is 11.8 Å². The molecule has 2 aromatic heterocycles. The van der Waals surface area contributed by atoms with Crippen molar-refractivity contribution >= 4 is 16.8 Å². The minimum atomic E-state index is -2.56. The average Bonchev–Trinajstić information content (AvgIpc) is 3.02. The number of halogens is 2. The number of nitrogens with one attached hydrogen (secondary N) is 1. The van der Waals surface area contributed by atoms with Crippen LogP contribution in [-0.2, 0) is 16.1 Å². The van der Waals surface area contributed by atoms with Crippen LogP contribution in [0.3, 0.4) is 0 Å². The lowest BCUT2D eigenvalue weighted by Crippen LogP contribution is -2.40. The van der Waals surface area contributed by atoms with Crippen molar-refractivity contribution in [3.8, 4) is 5.88 Å². The summed E-state index contributed by atoms with van der Waals surface area (Å²) in [5.74, 6) is -2.39. The molecule has 2 aliphatic carbocycles. The number of fused-ring (bicyclic) bond motifs is 1. The Hall–Kier alpha value is -2.29. The van der Waals surface area contributed by atoms with E-state index in [9.17, 15) is 13.6 Å². The van der Waals surface area contributed by atoms with Gasteiger partial charge in [-0.15, -0.1) is 0 Å². The average molecular weight is 408 g/mol. The summed E-state index contributed by atoms with van der Waals surface area (Å²) in [5.41, 5.74) is 0.763. The van der Waals surface area contributed by atoms with Crippen LogP contribution in [0.1, 0.15) is 33.1 Å². The summed E-state index contributed by atoms with van der Waals surface area (Å²) in [6.45, 7) is 4.64. The van der Waals surface area contributed by atoms with Gasteiger partial charge in [-0.3, -0.25) is 9.48 Å². The first kappa shape index (κ1) is 20.0. The van der Waals surface area contributed by atoms with Crippen LogP contribution < -0.4 is 10.1 Å². The number of carbonyl (C=O) groups is 1. The largest absolute Gasteiger partial charge is 0.477 e. The standard InChI is InChI=1S/C20H26F2N4O3/c1-12(25-13(2)27)10-28-16-5-14(6-16)11-29-19-17-8-24-26(18(17)3-4-23-19)9-15-7-20(15,21)22/h3-4,8,12,14-16H,5-7,9-11H2,1-2H3,(H,25,27)/t12-,14?,15-,16?/m0/s1. The van der Waals surface area contributed by atoms with Crippen LogP contribution in [0.25, 0.3) is 10.9 Å². The van der Waals surface area contributed by atoms with Gasteiger partial charge in [-0.05, 0) is 31.7 Å². The van der Waals surface area contributed by atoms with E-state index >= 15 is 0 Å². The van der Waals surface area contributed by atoms with Crippen molar-refractivity contribution in [2.24, 2.45) is 11.8 Å². The fourth-order valence-corrected chi connectivity index (χ4v) is 3.73. The van der Waals surface area contributed by atoms with E-state index in [1.54, 1.807) is 23.1 Å². The van der Waals surface area contributed by atoms with Gasteiger partial charge in [0.25, 0.3) is 5.92 Å². The molecule has 9 heteroatoms. The molecule has 0 saturated heterocycles. The molecule has 0 radical (unpaired) electrons. The van der Waals surface area contributed by atoms with E-state index in [0.29, 0.717) is 25.0 Å². The second kappa shape index (κ2) is 7.85. The predicted octanol–water partition coefficient (Wildman–Crippen LogP) is 2.79. The van der Waals surface area contributed by atoms with E-state index in [1.807, 2.05) is 6.92 Å². The first-order chi connectivity index (χ1) is 13.8.